The zero-order valence-electron chi connectivity index (χ0n) is 27.6. The largest absolute Gasteiger partial charge is 0.314 e. The number of para-hydroxylation sites is 2. The van der Waals surface area contributed by atoms with Crippen LogP contribution in [-0.4, -0.2) is 0 Å². The van der Waals surface area contributed by atoms with Crippen LogP contribution in [0.2, 0.25) is 0 Å². The predicted octanol–water partition coefficient (Wildman–Crippen LogP) is 13.1. The Hall–Kier alpha value is -5.86. The van der Waals surface area contributed by atoms with Gasteiger partial charge in [0.1, 0.15) is 0 Å². The Bertz CT molecular complexity index is 2130. The highest BCUT2D eigenvalue weighted by atomic mass is 15.2. The summed E-state index contributed by atoms with van der Waals surface area (Å²) < 4.78 is 0. The van der Waals surface area contributed by atoms with Gasteiger partial charge in [-0.15, -0.1) is 0 Å². The van der Waals surface area contributed by atoms with Gasteiger partial charge in [0.05, 0.1) is 0 Å². The van der Waals surface area contributed by atoms with Gasteiger partial charge in [0.2, 0.25) is 0 Å². The molecule has 7 aromatic rings. The topological polar surface area (TPSA) is 6.48 Å². The van der Waals surface area contributed by atoms with Crippen LogP contribution in [0.5, 0.6) is 0 Å². The van der Waals surface area contributed by atoms with E-state index >= 15 is 0 Å². The second-order valence-electron chi connectivity index (χ2n) is 11.8. The minimum atomic E-state index is 1.00. The van der Waals surface area contributed by atoms with Gasteiger partial charge in [-0.05, 0) is 113 Å². The first kappa shape index (κ1) is 30.8. The first-order valence-corrected chi connectivity index (χ1v) is 17.0. The third-order valence-corrected chi connectivity index (χ3v) is 8.92. The summed E-state index contributed by atoms with van der Waals surface area (Å²) in [6.07, 6.45) is 4.41. The molecular weight excluding hydrogens is 581 g/mol. The van der Waals surface area contributed by atoms with E-state index in [4.69, 9.17) is 0 Å². The molecule has 2 nitrogen and oxygen atoms in total. The Labute approximate surface area is 284 Å². The summed E-state index contributed by atoms with van der Waals surface area (Å²) in [7, 11) is 0. The molecule has 7 aromatic carbocycles. The molecule has 8 rings (SSSR count). The molecule has 234 valence electrons. The molecule has 0 bridgehead atoms. The highest BCUT2D eigenvalue weighted by Crippen LogP contribution is 2.39. The molecule has 0 spiro atoms. The summed E-state index contributed by atoms with van der Waals surface area (Å²) in [5, 5.41) is 2.48. The van der Waals surface area contributed by atoms with Crippen molar-refractivity contribution in [2.75, 3.05) is 9.80 Å². The summed E-state index contributed by atoms with van der Waals surface area (Å²) in [5.74, 6) is 0. The lowest BCUT2D eigenvalue weighted by molar-refractivity contribution is 0.894. The van der Waals surface area contributed by atoms with Gasteiger partial charge in [-0.1, -0.05) is 129 Å². The van der Waals surface area contributed by atoms with E-state index in [1.165, 1.54) is 50.1 Å². The van der Waals surface area contributed by atoms with Crippen LogP contribution in [0.4, 0.5) is 28.4 Å². The Balaban J connectivity index is 0.00000179. The van der Waals surface area contributed by atoms with E-state index in [1.807, 2.05) is 13.8 Å². The predicted molar refractivity (Wildman–Crippen MR) is 207 cm³/mol. The van der Waals surface area contributed by atoms with Crippen molar-refractivity contribution in [3.63, 3.8) is 0 Å². The third kappa shape index (κ3) is 6.38. The van der Waals surface area contributed by atoms with Crippen LogP contribution in [0, 0.1) is 0 Å². The Kier molecular flexibility index (Phi) is 9.15. The van der Waals surface area contributed by atoms with Crippen LogP contribution in [-0.2, 0) is 6.42 Å². The maximum atomic E-state index is 2.41. The van der Waals surface area contributed by atoms with Crippen molar-refractivity contribution >= 4 is 45.3 Å². The van der Waals surface area contributed by atoms with Gasteiger partial charge in [0.15, 0.2) is 0 Å². The number of nitrogens with zero attached hydrogens (tertiary/aromatic N) is 2. The number of hydrogen-bond acceptors (Lipinski definition) is 2. The smallest absolute Gasteiger partial charge is 0.0468 e. The summed E-state index contributed by atoms with van der Waals surface area (Å²) in [5.41, 5.74) is 12.2. The Morgan fingerprint density at radius 2 is 0.854 bits per heavy atom. The molecule has 1 aliphatic carbocycles. The number of benzene rings is 7. The monoisotopic (exact) mass is 620 g/mol. The molecule has 0 aromatic heterocycles. The molecule has 0 fully saturated rings. The Morgan fingerprint density at radius 1 is 0.375 bits per heavy atom. The highest BCUT2D eigenvalue weighted by Gasteiger charge is 2.19. The molecular formula is C46H40N2. The van der Waals surface area contributed by atoms with E-state index in [1.54, 1.807) is 0 Å². The molecule has 1 aliphatic rings. The van der Waals surface area contributed by atoms with E-state index in [0.717, 1.165) is 29.9 Å². The van der Waals surface area contributed by atoms with Crippen molar-refractivity contribution in [1.29, 1.82) is 0 Å². The third-order valence-electron chi connectivity index (χ3n) is 8.92. The lowest BCUT2D eigenvalue weighted by Crippen LogP contribution is -2.19. The van der Waals surface area contributed by atoms with Crippen LogP contribution in [0.25, 0.3) is 28.0 Å². The molecule has 0 unspecified atom stereocenters. The van der Waals surface area contributed by atoms with E-state index in [-0.39, 0.29) is 0 Å². The Morgan fingerprint density at radius 3 is 1.50 bits per heavy atom. The van der Waals surface area contributed by atoms with Gasteiger partial charge >= 0.3 is 0 Å². The van der Waals surface area contributed by atoms with E-state index in [9.17, 15) is 0 Å². The van der Waals surface area contributed by atoms with Crippen molar-refractivity contribution in [1.82, 2.24) is 0 Å². The minimum Gasteiger partial charge on any atom is -0.314 e. The van der Waals surface area contributed by atoms with Crippen LogP contribution in [0.1, 0.15) is 31.4 Å². The summed E-state index contributed by atoms with van der Waals surface area (Å²) in [4.78, 5) is 4.73. The van der Waals surface area contributed by atoms with Gasteiger partial charge in [0.25, 0.3) is 0 Å². The summed E-state index contributed by atoms with van der Waals surface area (Å²) in [6, 6.07) is 63.2. The molecule has 48 heavy (non-hydrogen) atoms. The molecule has 0 N–H and O–H groups in total. The number of anilines is 5. The molecule has 0 heterocycles. The van der Waals surface area contributed by atoms with E-state index in [2.05, 4.69) is 192 Å². The quantitative estimate of drug-likeness (QED) is 0.175. The molecule has 0 aliphatic heterocycles. The molecule has 0 saturated heterocycles. The average Bonchev–Trinajstić information content (AvgIpc) is 3.17. The SMILES string of the molecule is C1=C(N(c2ccccc2)c2ccc(-c3ccc(N(c4ccccc4)c4ccc5ccccc5c4)cc3)cc2)CCc2ccccc21.CC. The number of hydrogen-bond donors (Lipinski definition) is 0. The van der Waals surface area contributed by atoms with E-state index < -0.39 is 0 Å². The standard InChI is InChI=1S/C44H34N2.C2H6/c1-3-15-39(16-4-1)45(43-29-23-33-11-7-9-13-37(33)31-43)41-25-19-35(20-26-41)36-21-27-42(28-22-36)46(40-17-5-2-6-18-40)44-30-24-34-12-8-10-14-38(34)32-44;1-2/h1-23,25-29,31-32H,24,30H2;1-2H3. The fourth-order valence-corrected chi connectivity index (χ4v) is 6.60. The van der Waals surface area contributed by atoms with Crippen LogP contribution in [0.15, 0.2) is 182 Å². The maximum absolute atomic E-state index is 2.41. The van der Waals surface area contributed by atoms with Gasteiger partial charge in [-0.3, -0.25) is 0 Å². The van der Waals surface area contributed by atoms with Crippen LogP contribution < -0.4 is 9.80 Å². The molecule has 2 heteroatoms. The second kappa shape index (κ2) is 14.3. The molecule has 0 radical (unpaired) electrons. The van der Waals surface area contributed by atoms with Gasteiger partial charge in [0, 0.05) is 34.1 Å². The average molecular weight is 621 g/mol. The number of aryl methyl sites for hydroxylation is 1. The maximum Gasteiger partial charge on any atom is 0.0468 e. The second-order valence-corrected chi connectivity index (χ2v) is 11.8. The molecule has 0 amide bonds. The van der Waals surface area contributed by atoms with Gasteiger partial charge < -0.3 is 9.80 Å². The van der Waals surface area contributed by atoms with Crippen molar-refractivity contribution in [3.05, 3.63) is 193 Å². The normalized spacial score (nSPS) is 11.9. The summed E-state index contributed by atoms with van der Waals surface area (Å²) in [6.45, 7) is 4.00. The first-order chi connectivity index (χ1) is 23.8. The van der Waals surface area contributed by atoms with Crippen LogP contribution in [0.3, 0.4) is 0 Å². The first-order valence-electron chi connectivity index (χ1n) is 17.0. The molecule has 0 saturated carbocycles. The number of allylic oxidation sites excluding steroid dienone is 1. The van der Waals surface area contributed by atoms with E-state index in [0.29, 0.717) is 0 Å². The van der Waals surface area contributed by atoms with Crippen LogP contribution >= 0.6 is 0 Å². The lowest BCUT2D eigenvalue weighted by Gasteiger charge is -2.30. The fraction of sp³-hybridized carbons (Fsp3) is 0.0870. The van der Waals surface area contributed by atoms with Gasteiger partial charge in [-0.25, -0.2) is 0 Å². The van der Waals surface area contributed by atoms with Crippen molar-refractivity contribution in [2.24, 2.45) is 0 Å². The summed E-state index contributed by atoms with van der Waals surface area (Å²) >= 11 is 0. The van der Waals surface area contributed by atoms with Crippen molar-refractivity contribution in [3.8, 4) is 11.1 Å². The fourth-order valence-electron chi connectivity index (χ4n) is 6.60. The zero-order valence-corrected chi connectivity index (χ0v) is 27.6. The number of rotatable bonds is 7. The van der Waals surface area contributed by atoms with Crippen molar-refractivity contribution in [2.45, 2.75) is 26.7 Å². The van der Waals surface area contributed by atoms with Crippen molar-refractivity contribution < 1.29 is 0 Å². The lowest BCUT2D eigenvalue weighted by atomic mass is 9.94. The zero-order chi connectivity index (χ0) is 32.7. The molecule has 0 atom stereocenters. The highest BCUT2D eigenvalue weighted by molar-refractivity contribution is 5.89. The minimum absolute atomic E-state index is 1.00. The van der Waals surface area contributed by atoms with Gasteiger partial charge in [-0.2, -0.15) is 0 Å². The number of fused-ring (bicyclic) bond motifs is 2.